The van der Waals surface area contributed by atoms with E-state index in [1.54, 1.807) is 0 Å². The summed E-state index contributed by atoms with van der Waals surface area (Å²) in [6.45, 7) is 0. The second-order valence-corrected chi connectivity index (χ2v) is 13.8. The Labute approximate surface area is 321 Å². The number of rotatable bonds is 5. The maximum atomic E-state index is 5.19. The van der Waals surface area contributed by atoms with E-state index in [9.17, 15) is 0 Å². The Hall–Kier alpha value is -7.77. The molecule has 0 radical (unpaired) electrons. The van der Waals surface area contributed by atoms with Gasteiger partial charge >= 0.3 is 0 Å². The summed E-state index contributed by atoms with van der Waals surface area (Å²) < 4.78 is 0. The molecule has 0 aliphatic heterocycles. The van der Waals surface area contributed by atoms with Gasteiger partial charge in [0, 0.05) is 63.0 Å². The van der Waals surface area contributed by atoms with Gasteiger partial charge in [-0.05, 0) is 69.4 Å². The average Bonchev–Trinajstić information content (AvgIpc) is 3.28. The Kier molecular flexibility index (Phi) is 7.35. The fraction of sp³-hybridized carbons (Fsp3) is 0. The van der Waals surface area contributed by atoms with Gasteiger partial charge in [-0.2, -0.15) is 0 Å². The van der Waals surface area contributed by atoms with Crippen molar-refractivity contribution in [2.45, 2.75) is 0 Å². The van der Waals surface area contributed by atoms with E-state index >= 15 is 0 Å². The van der Waals surface area contributed by atoms with Crippen LogP contribution in [0.2, 0.25) is 0 Å². The molecule has 0 N–H and O–H groups in total. The summed E-state index contributed by atoms with van der Waals surface area (Å²) in [4.78, 5) is 34.4. The highest BCUT2D eigenvalue weighted by Gasteiger charge is 2.17. The lowest BCUT2D eigenvalue weighted by Crippen LogP contribution is -2.01. The topological polar surface area (TPSA) is 90.2 Å². The molecule has 0 aliphatic carbocycles. The molecule has 0 amide bonds. The van der Waals surface area contributed by atoms with E-state index in [2.05, 4.69) is 149 Å². The Balaban J connectivity index is 1.09. The Bertz CT molecular complexity index is 3150. The third-order valence-corrected chi connectivity index (χ3v) is 10.5. The fourth-order valence-electron chi connectivity index (χ4n) is 7.84. The van der Waals surface area contributed by atoms with Gasteiger partial charge in [-0.25, -0.2) is 15.0 Å². The van der Waals surface area contributed by atoms with Gasteiger partial charge in [0.15, 0.2) is 17.5 Å². The van der Waals surface area contributed by atoms with Gasteiger partial charge < -0.3 is 0 Å². The van der Waals surface area contributed by atoms with Crippen molar-refractivity contribution in [1.29, 1.82) is 0 Å². The molecule has 0 atom stereocenters. The van der Waals surface area contributed by atoms with Gasteiger partial charge in [0.2, 0.25) is 0 Å². The SMILES string of the molecule is c1cc(-c2nc(-c3cccc(-c4ccnc5c4ccc4cccnc45)c3)nc(-c3cccc4ccccc34)n2)cc(-c2ccnc3c2ccc2cccnc23)c1. The van der Waals surface area contributed by atoms with Crippen molar-refractivity contribution in [2.24, 2.45) is 0 Å². The van der Waals surface area contributed by atoms with Crippen LogP contribution >= 0.6 is 0 Å². The molecule has 5 aromatic heterocycles. The number of benzene rings is 6. The van der Waals surface area contributed by atoms with Gasteiger partial charge in [-0.1, -0.05) is 115 Å². The molecule has 0 unspecified atom stereocenters. The largest absolute Gasteiger partial charge is 0.254 e. The van der Waals surface area contributed by atoms with Crippen molar-refractivity contribution in [3.05, 3.63) is 176 Å². The number of nitrogens with zero attached hydrogens (tertiary/aromatic N) is 7. The van der Waals surface area contributed by atoms with Crippen LogP contribution in [0.4, 0.5) is 0 Å². The summed E-state index contributed by atoms with van der Waals surface area (Å²) in [5.74, 6) is 1.78. The van der Waals surface area contributed by atoms with Crippen LogP contribution in [-0.4, -0.2) is 34.9 Å². The molecule has 5 heterocycles. The lowest BCUT2D eigenvalue weighted by molar-refractivity contribution is 1.08. The molecule has 11 aromatic rings. The van der Waals surface area contributed by atoms with Crippen LogP contribution in [0, 0.1) is 0 Å². The molecule has 11 rings (SSSR count). The normalized spacial score (nSPS) is 11.6. The summed E-state index contributed by atoms with van der Waals surface area (Å²) >= 11 is 0. The summed E-state index contributed by atoms with van der Waals surface area (Å²) in [5, 5.41) is 6.39. The maximum absolute atomic E-state index is 5.19. The molecule has 56 heavy (non-hydrogen) atoms. The van der Waals surface area contributed by atoms with Gasteiger partial charge in [-0.15, -0.1) is 0 Å². The van der Waals surface area contributed by atoms with Crippen molar-refractivity contribution < 1.29 is 0 Å². The Morgan fingerprint density at radius 2 is 0.750 bits per heavy atom. The summed E-state index contributed by atoms with van der Waals surface area (Å²) in [6, 6.07) is 52.0. The standard InChI is InChI=1S/C49H29N7/c1-2-16-37-30(8-1)9-5-17-42(37)49-55-47(35-12-3-10-33(28-35)38-22-26-52-45-40(38)20-18-31-14-6-24-50-43(31)45)54-48(56-49)36-13-4-11-34(29-36)39-23-27-53-46-41(39)21-19-32-15-7-25-51-44(32)46/h1-29H. The molecular weight excluding hydrogens is 687 g/mol. The maximum Gasteiger partial charge on any atom is 0.164 e. The lowest BCUT2D eigenvalue weighted by atomic mass is 9.97. The number of fused-ring (bicyclic) bond motifs is 7. The first-order valence-corrected chi connectivity index (χ1v) is 18.5. The molecule has 0 aliphatic rings. The van der Waals surface area contributed by atoms with Gasteiger partial charge in [-0.3, -0.25) is 19.9 Å². The first-order chi connectivity index (χ1) is 27.7. The average molecular weight is 716 g/mol. The van der Waals surface area contributed by atoms with E-state index < -0.39 is 0 Å². The fourth-order valence-corrected chi connectivity index (χ4v) is 7.84. The highest BCUT2D eigenvalue weighted by Crippen LogP contribution is 2.36. The molecule has 0 spiro atoms. The molecule has 0 saturated heterocycles. The van der Waals surface area contributed by atoms with Gasteiger partial charge in [0.1, 0.15) is 0 Å². The molecule has 0 bridgehead atoms. The smallest absolute Gasteiger partial charge is 0.164 e. The van der Waals surface area contributed by atoms with Crippen LogP contribution in [-0.2, 0) is 0 Å². The van der Waals surface area contributed by atoms with Crippen LogP contribution in [0.3, 0.4) is 0 Å². The van der Waals surface area contributed by atoms with Crippen molar-refractivity contribution in [1.82, 2.24) is 34.9 Å². The minimum Gasteiger partial charge on any atom is -0.254 e. The van der Waals surface area contributed by atoms with E-state index in [0.717, 1.165) is 93.3 Å². The molecule has 0 fully saturated rings. The number of aromatic nitrogens is 7. The van der Waals surface area contributed by atoms with Gasteiger partial charge in [0.25, 0.3) is 0 Å². The zero-order chi connectivity index (χ0) is 37.0. The number of hydrogen-bond acceptors (Lipinski definition) is 7. The van der Waals surface area contributed by atoms with E-state index in [0.29, 0.717) is 17.5 Å². The highest BCUT2D eigenvalue weighted by molar-refractivity contribution is 6.09. The van der Waals surface area contributed by atoms with E-state index in [1.165, 1.54) is 0 Å². The van der Waals surface area contributed by atoms with Crippen molar-refractivity contribution in [3.63, 3.8) is 0 Å². The van der Waals surface area contributed by atoms with E-state index in [1.807, 2.05) is 36.9 Å². The predicted octanol–water partition coefficient (Wildman–Crippen LogP) is 11.6. The minimum atomic E-state index is 0.586. The van der Waals surface area contributed by atoms with Crippen molar-refractivity contribution in [3.8, 4) is 56.4 Å². The second-order valence-electron chi connectivity index (χ2n) is 13.8. The van der Waals surface area contributed by atoms with Crippen LogP contribution in [0.15, 0.2) is 176 Å². The summed E-state index contributed by atoms with van der Waals surface area (Å²) in [7, 11) is 0. The minimum absolute atomic E-state index is 0.586. The van der Waals surface area contributed by atoms with Crippen LogP contribution in [0.1, 0.15) is 0 Å². The molecular formula is C49H29N7. The monoisotopic (exact) mass is 715 g/mol. The first-order valence-electron chi connectivity index (χ1n) is 18.5. The zero-order valence-corrected chi connectivity index (χ0v) is 29.9. The molecule has 6 aromatic carbocycles. The number of hydrogen-bond donors (Lipinski definition) is 0. The summed E-state index contributed by atoms with van der Waals surface area (Å²) in [5.41, 5.74) is 10.4. The molecule has 0 saturated carbocycles. The highest BCUT2D eigenvalue weighted by atomic mass is 15.0. The molecule has 260 valence electrons. The van der Waals surface area contributed by atoms with Crippen LogP contribution in [0.25, 0.3) is 111 Å². The number of pyridine rings is 4. The van der Waals surface area contributed by atoms with Crippen LogP contribution in [0.5, 0.6) is 0 Å². The second kappa shape index (κ2) is 13.0. The Morgan fingerprint density at radius 1 is 0.268 bits per heavy atom. The Morgan fingerprint density at radius 3 is 1.36 bits per heavy atom. The summed E-state index contributed by atoms with van der Waals surface area (Å²) in [6.07, 6.45) is 7.35. The third-order valence-electron chi connectivity index (χ3n) is 10.5. The van der Waals surface area contributed by atoms with Crippen molar-refractivity contribution >= 4 is 54.4 Å². The molecule has 7 nitrogen and oxygen atoms in total. The van der Waals surface area contributed by atoms with Crippen molar-refractivity contribution in [2.75, 3.05) is 0 Å². The van der Waals surface area contributed by atoms with Gasteiger partial charge in [0.05, 0.1) is 22.1 Å². The predicted molar refractivity (Wildman–Crippen MR) is 226 cm³/mol. The van der Waals surface area contributed by atoms with Crippen LogP contribution < -0.4 is 0 Å². The lowest BCUT2D eigenvalue weighted by Gasteiger charge is -2.13. The third kappa shape index (κ3) is 5.33. The van der Waals surface area contributed by atoms with E-state index in [-0.39, 0.29) is 0 Å². The zero-order valence-electron chi connectivity index (χ0n) is 29.9. The van der Waals surface area contributed by atoms with E-state index in [4.69, 9.17) is 24.9 Å². The molecule has 7 heteroatoms. The quantitative estimate of drug-likeness (QED) is 0.164. The first kappa shape index (κ1) is 31.7.